The van der Waals surface area contributed by atoms with Crippen molar-refractivity contribution in [3.63, 3.8) is 0 Å². The van der Waals surface area contributed by atoms with Gasteiger partial charge in [0.1, 0.15) is 0 Å². The van der Waals surface area contributed by atoms with Crippen molar-refractivity contribution in [2.75, 3.05) is 24.5 Å². The first kappa shape index (κ1) is 11.3. The normalized spacial score (nSPS) is 20.6. The van der Waals surface area contributed by atoms with Gasteiger partial charge in [0.2, 0.25) is 0 Å². The second kappa shape index (κ2) is 4.17. The van der Waals surface area contributed by atoms with Crippen LogP contribution in [0.15, 0.2) is 27.4 Å². The van der Waals surface area contributed by atoms with E-state index in [1.165, 1.54) is 4.57 Å². The predicted octanol–water partition coefficient (Wildman–Crippen LogP) is 0.930. The number of aromatic nitrogens is 1. The highest BCUT2D eigenvalue weighted by Gasteiger charge is 2.17. The largest absolute Gasteiger partial charge is 0.419 e. The van der Waals surface area contributed by atoms with Gasteiger partial charge in [-0.15, -0.1) is 0 Å². The van der Waals surface area contributed by atoms with E-state index in [0.717, 1.165) is 30.8 Å². The Kier molecular flexibility index (Phi) is 2.63. The van der Waals surface area contributed by atoms with E-state index in [9.17, 15) is 4.79 Å². The van der Waals surface area contributed by atoms with Gasteiger partial charge in [-0.3, -0.25) is 4.57 Å². The Morgan fingerprint density at radius 2 is 2.28 bits per heavy atom. The predicted molar refractivity (Wildman–Crippen MR) is 71.1 cm³/mol. The number of fused-ring (bicyclic) bond motifs is 1. The molecule has 1 aromatic carbocycles. The molecule has 18 heavy (non-hydrogen) atoms. The summed E-state index contributed by atoms with van der Waals surface area (Å²) in [5, 5.41) is 3.41. The zero-order valence-corrected chi connectivity index (χ0v) is 10.6. The summed E-state index contributed by atoms with van der Waals surface area (Å²) in [4.78, 5) is 13.8. The summed E-state index contributed by atoms with van der Waals surface area (Å²) in [6, 6.07) is 6.43. The smallest absolute Gasteiger partial charge is 0.408 e. The third kappa shape index (κ3) is 1.80. The van der Waals surface area contributed by atoms with Gasteiger partial charge >= 0.3 is 5.76 Å². The van der Waals surface area contributed by atoms with Crippen LogP contribution in [0.5, 0.6) is 0 Å². The van der Waals surface area contributed by atoms with Gasteiger partial charge in [-0.1, -0.05) is 0 Å². The molecule has 0 saturated carbocycles. The first-order valence-corrected chi connectivity index (χ1v) is 6.23. The molecule has 3 rings (SSSR count). The average Bonchev–Trinajstić information content (AvgIpc) is 2.65. The number of nitrogens with zero attached hydrogens (tertiary/aromatic N) is 2. The lowest BCUT2D eigenvalue weighted by Gasteiger charge is -2.33. The van der Waals surface area contributed by atoms with Gasteiger partial charge in [-0.05, 0) is 19.1 Å². The van der Waals surface area contributed by atoms with Gasteiger partial charge in [0.25, 0.3) is 0 Å². The van der Waals surface area contributed by atoms with Gasteiger partial charge < -0.3 is 14.6 Å². The Morgan fingerprint density at radius 3 is 3.06 bits per heavy atom. The van der Waals surface area contributed by atoms with Crippen LogP contribution in [-0.4, -0.2) is 30.2 Å². The minimum absolute atomic E-state index is 0.309. The number of rotatable bonds is 1. The number of nitrogens with one attached hydrogen (secondary N) is 1. The Balaban J connectivity index is 2.00. The van der Waals surface area contributed by atoms with Crippen LogP contribution in [0.2, 0.25) is 0 Å². The van der Waals surface area contributed by atoms with Crippen LogP contribution < -0.4 is 16.0 Å². The Bertz CT molecular complexity index is 629. The molecular weight excluding hydrogens is 230 g/mol. The molecule has 0 spiro atoms. The first-order valence-electron chi connectivity index (χ1n) is 6.23. The van der Waals surface area contributed by atoms with Crippen LogP contribution in [0, 0.1) is 0 Å². The Hall–Kier alpha value is -1.75. The zero-order valence-electron chi connectivity index (χ0n) is 10.6. The topological polar surface area (TPSA) is 50.4 Å². The molecule has 1 fully saturated rings. The molecule has 0 radical (unpaired) electrons. The molecule has 0 bridgehead atoms. The third-order valence-electron chi connectivity index (χ3n) is 3.51. The highest BCUT2D eigenvalue weighted by atomic mass is 16.4. The number of hydrogen-bond donors (Lipinski definition) is 1. The van der Waals surface area contributed by atoms with Gasteiger partial charge in [-0.2, -0.15) is 0 Å². The summed E-state index contributed by atoms with van der Waals surface area (Å²) in [5.74, 6) is -0.309. The van der Waals surface area contributed by atoms with Crippen LogP contribution in [0.4, 0.5) is 5.69 Å². The summed E-state index contributed by atoms with van der Waals surface area (Å²) >= 11 is 0. The summed E-state index contributed by atoms with van der Waals surface area (Å²) in [6.07, 6.45) is 0. The standard InChI is InChI=1S/C13H17N3O2/c1-9-8-16(6-5-14-9)10-3-4-11-12(7-10)18-13(17)15(11)2/h3-4,7,9,14H,5-6,8H2,1-2H3/t9-/m1/s1. The molecule has 96 valence electrons. The summed E-state index contributed by atoms with van der Waals surface area (Å²) in [7, 11) is 1.72. The van der Waals surface area contributed by atoms with E-state index in [0.29, 0.717) is 11.6 Å². The van der Waals surface area contributed by atoms with Crippen LogP contribution in [0.3, 0.4) is 0 Å². The van der Waals surface area contributed by atoms with E-state index in [1.54, 1.807) is 7.05 Å². The van der Waals surface area contributed by atoms with E-state index < -0.39 is 0 Å². The molecule has 5 nitrogen and oxygen atoms in total. The van der Waals surface area contributed by atoms with Gasteiger partial charge in [0.15, 0.2) is 5.58 Å². The summed E-state index contributed by atoms with van der Waals surface area (Å²) in [5.41, 5.74) is 2.61. The number of benzene rings is 1. The molecule has 5 heteroatoms. The second-order valence-corrected chi connectivity index (χ2v) is 4.88. The highest BCUT2D eigenvalue weighted by molar-refractivity contribution is 5.77. The van der Waals surface area contributed by atoms with Crippen LogP contribution in [0.25, 0.3) is 11.1 Å². The number of oxazole rings is 1. The Morgan fingerprint density at radius 1 is 1.44 bits per heavy atom. The lowest BCUT2D eigenvalue weighted by Crippen LogP contribution is -2.49. The van der Waals surface area contributed by atoms with E-state index in [4.69, 9.17) is 4.42 Å². The van der Waals surface area contributed by atoms with Crippen LogP contribution in [0.1, 0.15) is 6.92 Å². The van der Waals surface area contributed by atoms with Crippen molar-refractivity contribution in [3.05, 3.63) is 28.7 Å². The Labute approximate surface area is 105 Å². The van der Waals surface area contributed by atoms with Gasteiger partial charge in [0, 0.05) is 44.5 Å². The third-order valence-corrected chi connectivity index (χ3v) is 3.51. The summed E-state index contributed by atoms with van der Waals surface area (Å²) < 4.78 is 6.75. The molecule has 0 aliphatic carbocycles. The SMILES string of the molecule is C[C@@H]1CN(c2ccc3c(c2)oc(=O)n3C)CCN1. The fraction of sp³-hybridized carbons (Fsp3) is 0.462. The number of aryl methyl sites for hydroxylation is 1. The maximum atomic E-state index is 11.5. The number of hydrogen-bond acceptors (Lipinski definition) is 4. The summed E-state index contributed by atoms with van der Waals surface area (Å²) in [6.45, 7) is 5.11. The molecule has 1 saturated heterocycles. The fourth-order valence-corrected chi connectivity index (χ4v) is 2.49. The number of piperazine rings is 1. The van der Waals surface area contributed by atoms with E-state index >= 15 is 0 Å². The highest BCUT2D eigenvalue weighted by Crippen LogP contribution is 2.22. The van der Waals surface area contributed by atoms with Gasteiger partial charge in [-0.25, -0.2) is 4.79 Å². The van der Waals surface area contributed by atoms with E-state index in [1.807, 2.05) is 12.1 Å². The van der Waals surface area contributed by atoms with Gasteiger partial charge in [0.05, 0.1) is 5.52 Å². The molecular formula is C13H17N3O2. The molecule has 0 amide bonds. The molecule has 2 aromatic rings. The average molecular weight is 247 g/mol. The molecule has 2 heterocycles. The quantitative estimate of drug-likeness (QED) is 0.814. The number of anilines is 1. The van der Waals surface area contributed by atoms with Crippen molar-refractivity contribution >= 4 is 16.8 Å². The fourth-order valence-electron chi connectivity index (χ4n) is 2.49. The molecule has 1 aliphatic heterocycles. The van der Waals surface area contributed by atoms with E-state index in [2.05, 4.69) is 23.2 Å². The van der Waals surface area contributed by atoms with Crippen molar-refractivity contribution in [1.82, 2.24) is 9.88 Å². The monoisotopic (exact) mass is 247 g/mol. The van der Waals surface area contributed by atoms with Crippen LogP contribution in [-0.2, 0) is 7.05 Å². The molecule has 1 atom stereocenters. The lowest BCUT2D eigenvalue weighted by atomic mass is 10.2. The van der Waals surface area contributed by atoms with Crippen molar-refractivity contribution in [1.29, 1.82) is 0 Å². The van der Waals surface area contributed by atoms with Crippen molar-refractivity contribution in [2.24, 2.45) is 7.05 Å². The maximum Gasteiger partial charge on any atom is 0.419 e. The van der Waals surface area contributed by atoms with Crippen molar-refractivity contribution in [2.45, 2.75) is 13.0 Å². The molecule has 1 aliphatic rings. The van der Waals surface area contributed by atoms with Crippen molar-refractivity contribution in [3.8, 4) is 0 Å². The second-order valence-electron chi connectivity index (χ2n) is 4.88. The molecule has 0 unspecified atom stereocenters. The molecule has 1 N–H and O–H groups in total. The lowest BCUT2D eigenvalue weighted by molar-refractivity contribution is 0.484. The van der Waals surface area contributed by atoms with E-state index in [-0.39, 0.29) is 5.76 Å². The first-order chi connectivity index (χ1) is 8.65. The zero-order chi connectivity index (χ0) is 12.7. The van der Waals surface area contributed by atoms with Crippen molar-refractivity contribution < 1.29 is 4.42 Å². The minimum Gasteiger partial charge on any atom is -0.408 e. The maximum absolute atomic E-state index is 11.5. The van der Waals surface area contributed by atoms with Crippen LogP contribution >= 0.6 is 0 Å². The minimum atomic E-state index is -0.309. The molecule has 1 aromatic heterocycles.